The van der Waals surface area contributed by atoms with Crippen LogP contribution in [-0.4, -0.2) is 36.7 Å². The Morgan fingerprint density at radius 3 is 2.58 bits per heavy atom. The lowest BCUT2D eigenvalue weighted by Crippen LogP contribution is -2.48. The van der Waals surface area contributed by atoms with E-state index in [9.17, 15) is 9.59 Å². The van der Waals surface area contributed by atoms with E-state index in [0.29, 0.717) is 31.1 Å². The van der Waals surface area contributed by atoms with Gasteiger partial charge in [-0.15, -0.1) is 0 Å². The highest BCUT2D eigenvalue weighted by Crippen LogP contribution is 2.18. The second kappa shape index (κ2) is 13.1. The van der Waals surface area contributed by atoms with E-state index in [0.717, 1.165) is 19.3 Å². The first-order chi connectivity index (χ1) is 12.6. The van der Waals surface area contributed by atoms with E-state index in [1.807, 2.05) is 6.92 Å². The maximum atomic E-state index is 12.4. The Balaban J connectivity index is 2.46. The zero-order valence-electron chi connectivity index (χ0n) is 15.3. The molecule has 26 heavy (non-hydrogen) atoms. The average Bonchev–Trinajstić information content (AvgIpc) is 2.64. The lowest BCUT2D eigenvalue weighted by Gasteiger charge is -2.13. The molecule has 1 rings (SSSR count). The number of rotatable bonds is 10. The van der Waals surface area contributed by atoms with Crippen molar-refractivity contribution in [3.63, 3.8) is 0 Å². The van der Waals surface area contributed by atoms with Gasteiger partial charge in [-0.25, -0.2) is 0 Å². The molecule has 0 aromatic heterocycles. The van der Waals surface area contributed by atoms with E-state index in [1.54, 1.807) is 24.3 Å². The summed E-state index contributed by atoms with van der Waals surface area (Å²) < 4.78 is 10.8. The second-order valence-corrected chi connectivity index (χ2v) is 5.86. The minimum atomic E-state index is -0.405. The van der Waals surface area contributed by atoms with Crippen LogP contribution in [0.15, 0.2) is 24.3 Å². The highest BCUT2D eigenvalue weighted by atomic mass is 32.1. The molecule has 7 nitrogen and oxygen atoms in total. The molecule has 0 aliphatic rings. The molecule has 8 heteroatoms. The van der Waals surface area contributed by atoms with Crippen molar-refractivity contribution in [2.24, 2.45) is 0 Å². The van der Waals surface area contributed by atoms with E-state index in [-0.39, 0.29) is 17.4 Å². The number of benzene rings is 1. The Morgan fingerprint density at radius 2 is 1.85 bits per heavy atom. The van der Waals surface area contributed by atoms with Crippen molar-refractivity contribution in [3.8, 4) is 5.75 Å². The van der Waals surface area contributed by atoms with Crippen LogP contribution in [0.5, 0.6) is 5.75 Å². The number of hydrazine groups is 1. The number of nitrogens with one attached hydrogen (secondary N) is 3. The zero-order chi connectivity index (χ0) is 19.2. The number of hydrogen-bond donors (Lipinski definition) is 3. The largest absolute Gasteiger partial charge is 0.493 e. The lowest BCUT2D eigenvalue weighted by molar-refractivity contribution is -0.122. The maximum Gasteiger partial charge on any atom is 0.261 e. The minimum absolute atomic E-state index is 0.000505. The van der Waals surface area contributed by atoms with Crippen molar-refractivity contribution in [2.75, 3.05) is 19.8 Å². The summed E-state index contributed by atoms with van der Waals surface area (Å²) in [7, 11) is 0. The molecule has 0 saturated heterocycles. The van der Waals surface area contributed by atoms with Crippen LogP contribution in [0.25, 0.3) is 0 Å². The standard InChI is InChI=1S/C18H27N3O4S/c1-3-5-8-12-25-15-10-7-6-9-14(15)17(23)19-18(26)21-20-16(22)11-13-24-4-2/h6-7,9-10H,3-5,8,11-13H2,1-2H3,(H,20,22)(H2,19,21,23,26). The van der Waals surface area contributed by atoms with E-state index in [1.165, 1.54) is 0 Å². The van der Waals surface area contributed by atoms with Crippen LogP contribution in [0.3, 0.4) is 0 Å². The maximum absolute atomic E-state index is 12.4. The van der Waals surface area contributed by atoms with Crippen LogP contribution in [0, 0.1) is 0 Å². The third-order valence-electron chi connectivity index (χ3n) is 3.36. The number of carbonyl (C=O) groups excluding carboxylic acids is 2. The summed E-state index contributed by atoms with van der Waals surface area (Å²) in [6.07, 6.45) is 3.30. The molecule has 0 bridgehead atoms. The fraction of sp³-hybridized carbons (Fsp3) is 0.500. The number of amides is 2. The number of thiocarbonyl (C=S) groups is 1. The first kappa shape index (κ1) is 21.9. The summed E-state index contributed by atoms with van der Waals surface area (Å²) in [4.78, 5) is 23.9. The summed E-state index contributed by atoms with van der Waals surface area (Å²) in [6, 6.07) is 6.96. The summed E-state index contributed by atoms with van der Waals surface area (Å²) in [6.45, 7) is 5.40. The Kier molecular flexibility index (Phi) is 11.0. The van der Waals surface area contributed by atoms with Crippen molar-refractivity contribution >= 4 is 29.1 Å². The van der Waals surface area contributed by atoms with E-state index < -0.39 is 5.91 Å². The molecule has 0 radical (unpaired) electrons. The van der Waals surface area contributed by atoms with Gasteiger partial charge in [-0.05, 0) is 37.7 Å². The van der Waals surface area contributed by atoms with Gasteiger partial charge >= 0.3 is 0 Å². The summed E-state index contributed by atoms with van der Waals surface area (Å²) >= 11 is 5.02. The van der Waals surface area contributed by atoms with Crippen molar-refractivity contribution in [1.29, 1.82) is 0 Å². The van der Waals surface area contributed by atoms with Crippen LogP contribution >= 0.6 is 12.2 Å². The van der Waals surface area contributed by atoms with Gasteiger partial charge in [0.1, 0.15) is 5.75 Å². The van der Waals surface area contributed by atoms with Crippen LogP contribution in [0.1, 0.15) is 49.9 Å². The summed E-state index contributed by atoms with van der Waals surface area (Å²) in [5.74, 6) is -0.184. The Labute approximate surface area is 159 Å². The van der Waals surface area contributed by atoms with Crippen LogP contribution in [0.2, 0.25) is 0 Å². The zero-order valence-corrected chi connectivity index (χ0v) is 16.1. The predicted octanol–water partition coefficient (Wildman–Crippen LogP) is 2.32. The molecular weight excluding hydrogens is 354 g/mol. The summed E-state index contributed by atoms with van der Waals surface area (Å²) in [5, 5.41) is 2.52. The quantitative estimate of drug-likeness (QED) is 0.327. The van der Waals surface area contributed by atoms with Crippen LogP contribution in [-0.2, 0) is 9.53 Å². The highest BCUT2D eigenvalue weighted by Gasteiger charge is 2.13. The van der Waals surface area contributed by atoms with Crippen LogP contribution in [0.4, 0.5) is 0 Å². The molecule has 0 atom stereocenters. The molecule has 0 unspecified atom stereocenters. The molecule has 0 fully saturated rings. The van der Waals surface area contributed by atoms with Gasteiger partial charge < -0.3 is 9.47 Å². The Morgan fingerprint density at radius 1 is 1.08 bits per heavy atom. The topological polar surface area (TPSA) is 88.7 Å². The predicted molar refractivity (Wildman–Crippen MR) is 104 cm³/mol. The smallest absolute Gasteiger partial charge is 0.261 e. The lowest BCUT2D eigenvalue weighted by atomic mass is 10.2. The molecule has 0 aliphatic carbocycles. The van der Waals surface area contributed by atoms with Gasteiger partial charge in [0, 0.05) is 6.61 Å². The molecule has 3 N–H and O–H groups in total. The number of para-hydroxylation sites is 1. The number of hydrogen-bond acceptors (Lipinski definition) is 5. The SMILES string of the molecule is CCCCCOc1ccccc1C(=O)NC(=S)NNC(=O)CCOCC. The van der Waals surface area contributed by atoms with Gasteiger partial charge in [-0.1, -0.05) is 31.9 Å². The molecular formula is C18H27N3O4S. The molecule has 0 spiro atoms. The normalized spacial score (nSPS) is 10.1. The van der Waals surface area contributed by atoms with E-state index in [2.05, 4.69) is 23.1 Å². The number of unbranched alkanes of at least 4 members (excludes halogenated alkanes) is 2. The minimum Gasteiger partial charge on any atom is -0.493 e. The third-order valence-corrected chi connectivity index (χ3v) is 3.56. The van der Waals surface area contributed by atoms with Gasteiger partial charge in [0.25, 0.3) is 5.91 Å². The highest BCUT2D eigenvalue weighted by molar-refractivity contribution is 7.80. The monoisotopic (exact) mass is 381 g/mol. The molecule has 1 aromatic carbocycles. The van der Waals surface area contributed by atoms with Crippen LogP contribution < -0.4 is 20.9 Å². The van der Waals surface area contributed by atoms with Gasteiger partial charge in [0.15, 0.2) is 5.11 Å². The van der Waals surface area contributed by atoms with E-state index >= 15 is 0 Å². The van der Waals surface area contributed by atoms with Gasteiger partial charge in [-0.2, -0.15) is 0 Å². The third kappa shape index (κ3) is 8.77. The fourth-order valence-corrected chi connectivity index (χ4v) is 2.16. The number of carbonyl (C=O) groups is 2. The fourth-order valence-electron chi connectivity index (χ4n) is 2.01. The molecule has 0 heterocycles. The molecule has 144 valence electrons. The Bertz CT molecular complexity index is 596. The molecule has 0 saturated carbocycles. The second-order valence-electron chi connectivity index (χ2n) is 5.46. The van der Waals surface area contributed by atoms with Crippen molar-refractivity contribution in [1.82, 2.24) is 16.2 Å². The first-order valence-corrected chi connectivity index (χ1v) is 9.19. The Hall–Kier alpha value is -2.19. The van der Waals surface area contributed by atoms with Gasteiger partial charge in [-0.3, -0.25) is 25.8 Å². The molecule has 2 amide bonds. The molecule has 1 aromatic rings. The van der Waals surface area contributed by atoms with E-state index in [4.69, 9.17) is 21.7 Å². The average molecular weight is 381 g/mol. The van der Waals surface area contributed by atoms with Crippen molar-refractivity contribution in [3.05, 3.63) is 29.8 Å². The first-order valence-electron chi connectivity index (χ1n) is 8.78. The number of ether oxygens (including phenoxy) is 2. The molecule has 0 aliphatic heterocycles. The van der Waals surface area contributed by atoms with Crippen molar-refractivity contribution in [2.45, 2.75) is 39.5 Å². The summed E-state index contributed by atoms with van der Waals surface area (Å²) in [5.41, 5.74) is 5.28. The van der Waals surface area contributed by atoms with Gasteiger partial charge in [0.2, 0.25) is 5.91 Å². The van der Waals surface area contributed by atoms with Crippen molar-refractivity contribution < 1.29 is 19.1 Å². The van der Waals surface area contributed by atoms with Gasteiger partial charge in [0.05, 0.1) is 25.2 Å².